The normalized spacial score (nSPS) is 28.3. The second-order valence-electron chi connectivity index (χ2n) is 2.59. The molecule has 1 rings (SSSR count). The maximum absolute atomic E-state index is 10.4. The van der Waals surface area contributed by atoms with Gasteiger partial charge >= 0.3 is 12.1 Å². The smallest absolute Gasteiger partial charge is 0.404 e. The van der Waals surface area contributed by atoms with Gasteiger partial charge in [0.05, 0.1) is 0 Å². The number of hydrogen-bond donors (Lipinski definition) is 3. The van der Waals surface area contributed by atoms with E-state index < -0.39 is 24.2 Å². The average Bonchev–Trinajstić information content (AvgIpc) is 2.34. The van der Waals surface area contributed by atoms with Crippen LogP contribution in [-0.4, -0.2) is 35.9 Å². The van der Waals surface area contributed by atoms with Gasteiger partial charge in [0.1, 0.15) is 12.1 Å². The van der Waals surface area contributed by atoms with Crippen molar-refractivity contribution in [2.45, 2.75) is 18.6 Å². The molecule has 0 aliphatic carbocycles. The number of primary amides is 1. The van der Waals surface area contributed by atoms with Crippen LogP contribution >= 0.6 is 0 Å². The number of ether oxygens (including phenoxy) is 1. The summed E-state index contributed by atoms with van der Waals surface area (Å²) in [5.74, 6) is -0.939. The molecule has 1 aliphatic heterocycles. The molecule has 4 N–H and O–H groups in total. The predicted molar refractivity (Wildman–Crippen MR) is 38.5 cm³/mol. The van der Waals surface area contributed by atoms with Gasteiger partial charge in [-0.25, -0.2) is 4.79 Å². The van der Waals surface area contributed by atoms with Gasteiger partial charge in [-0.3, -0.25) is 4.79 Å². The van der Waals surface area contributed by atoms with Gasteiger partial charge in [-0.15, -0.1) is 0 Å². The Balaban J connectivity index is 2.35. The topological polar surface area (TPSA) is 102 Å². The zero-order valence-corrected chi connectivity index (χ0v) is 6.32. The Bertz CT molecular complexity index is 206. The summed E-state index contributed by atoms with van der Waals surface area (Å²) in [6, 6.07) is -0.630. The largest absolute Gasteiger partial charge is 0.480 e. The quantitative estimate of drug-likeness (QED) is 0.493. The van der Waals surface area contributed by atoms with Crippen LogP contribution in [0.3, 0.4) is 0 Å². The van der Waals surface area contributed by atoms with Crippen molar-refractivity contribution in [3.8, 4) is 0 Å². The molecule has 2 unspecified atom stereocenters. The molecule has 12 heavy (non-hydrogen) atoms. The van der Waals surface area contributed by atoms with Crippen LogP contribution < -0.4 is 11.1 Å². The van der Waals surface area contributed by atoms with Crippen molar-refractivity contribution < 1.29 is 19.4 Å². The molecule has 0 aromatic rings. The maximum atomic E-state index is 10.4. The van der Waals surface area contributed by atoms with Crippen LogP contribution in [0, 0.1) is 0 Å². The fraction of sp³-hybridized carbons (Fsp3) is 0.667. The van der Waals surface area contributed by atoms with Gasteiger partial charge in [-0.05, 0) is 0 Å². The van der Waals surface area contributed by atoms with E-state index in [9.17, 15) is 9.59 Å². The molecule has 1 fully saturated rings. The lowest BCUT2D eigenvalue weighted by molar-refractivity contribution is -0.139. The van der Waals surface area contributed by atoms with Crippen molar-refractivity contribution in [1.29, 1.82) is 0 Å². The molecule has 1 heterocycles. The van der Waals surface area contributed by atoms with Gasteiger partial charge in [-0.1, -0.05) is 0 Å². The van der Waals surface area contributed by atoms with Gasteiger partial charge in [0, 0.05) is 13.0 Å². The Labute approximate surface area is 68.7 Å². The summed E-state index contributed by atoms with van der Waals surface area (Å²) in [5.41, 5.74) is 4.76. The van der Waals surface area contributed by atoms with Gasteiger partial charge in [0.25, 0.3) is 0 Å². The molecule has 6 heteroatoms. The second kappa shape index (κ2) is 3.40. The number of amides is 1. The van der Waals surface area contributed by atoms with E-state index in [1.807, 2.05) is 0 Å². The van der Waals surface area contributed by atoms with Crippen molar-refractivity contribution in [3.63, 3.8) is 0 Å². The van der Waals surface area contributed by atoms with Crippen LogP contribution in [0.2, 0.25) is 0 Å². The van der Waals surface area contributed by atoms with Crippen LogP contribution in [-0.2, 0) is 9.53 Å². The van der Waals surface area contributed by atoms with Crippen molar-refractivity contribution in [3.05, 3.63) is 0 Å². The highest BCUT2D eigenvalue weighted by molar-refractivity contribution is 5.74. The number of carboxylic acid groups (broad SMARTS) is 1. The monoisotopic (exact) mass is 174 g/mol. The summed E-state index contributed by atoms with van der Waals surface area (Å²) >= 11 is 0. The zero-order valence-electron chi connectivity index (χ0n) is 6.32. The zero-order chi connectivity index (χ0) is 9.14. The Morgan fingerprint density at radius 3 is 2.67 bits per heavy atom. The molecule has 0 bridgehead atoms. The Morgan fingerprint density at radius 1 is 1.58 bits per heavy atom. The van der Waals surface area contributed by atoms with Crippen LogP contribution in [0.1, 0.15) is 6.42 Å². The summed E-state index contributed by atoms with van der Waals surface area (Å²) in [4.78, 5) is 20.7. The first kappa shape index (κ1) is 8.79. The second-order valence-corrected chi connectivity index (χ2v) is 2.59. The van der Waals surface area contributed by atoms with Crippen LogP contribution in [0.5, 0.6) is 0 Å². The Hall–Kier alpha value is -1.30. The van der Waals surface area contributed by atoms with E-state index in [1.54, 1.807) is 0 Å². The third-order valence-corrected chi connectivity index (χ3v) is 1.67. The van der Waals surface area contributed by atoms with E-state index in [4.69, 9.17) is 10.8 Å². The lowest BCUT2D eigenvalue weighted by Crippen LogP contribution is -2.30. The van der Waals surface area contributed by atoms with Crippen molar-refractivity contribution in [2.24, 2.45) is 5.73 Å². The van der Waals surface area contributed by atoms with E-state index in [0.717, 1.165) is 0 Å². The molecule has 68 valence electrons. The number of rotatable bonds is 2. The highest BCUT2D eigenvalue weighted by Crippen LogP contribution is 2.09. The standard InChI is InChI=1S/C6H10N2O4/c7-6(11)12-3-1-4(5(9)10)8-2-3/h3-4,8H,1-2H2,(H2,7,11)(H,9,10). The van der Waals surface area contributed by atoms with Crippen LogP contribution in [0.25, 0.3) is 0 Å². The third kappa shape index (κ3) is 2.09. The molecule has 0 aromatic carbocycles. The SMILES string of the molecule is NC(=O)OC1CNC(C(=O)O)C1. The minimum atomic E-state index is -0.939. The van der Waals surface area contributed by atoms with Gasteiger partial charge in [0.2, 0.25) is 0 Å². The highest BCUT2D eigenvalue weighted by Gasteiger charge is 2.30. The molecular formula is C6H10N2O4. The summed E-state index contributed by atoms with van der Waals surface area (Å²) in [6.45, 7) is 0.347. The molecule has 0 saturated carbocycles. The summed E-state index contributed by atoms with van der Waals surface area (Å²) < 4.78 is 4.60. The van der Waals surface area contributed by atoms with Crippen molar-refractivity contribution in [1.82, 2.24) is 5.32 Å². The van der Waals surface area contributed by atoms with Gasteiger partial charge in [-0.2, -0.15) is 0 Å². The molecule has 6 nitrogen and oxygen atoms in total. The number of nitrogens with one attached hydrogen (secondary N) is 1. The number of carbonyl (C=O) groups is 2. The Kier molecular flexibility index (Phi) is 2.49. The summed E-state index contributed by atoms with van der Waals surface area (Å²) in [7, 11) is 0. The van der Waals surface area contributed by atoms with E-state index in [2.05, 4.69) is 10.1 Å². The van der Waals surface area contributed by atoms with Crippen LogP contribution in [0.4, 0.5) is 4.79 Å². The van der Waals surface area contributed by atoms with Crippen LogP contribution in [0.15, 0.2) is 0 Å². The molecule has 1 aliphatic rings. The van der Waals surface area contributed by atoms with E-state index >= 15 is 0 Å². The fourth-order valence-electron chi connectivity index (χ4n) is 1.15. The number of carbonyl (C=O) groups excluding carboxylic acids is 1. The molecule has 1 amide bonds. The average molecular weight is 174 g/mol. The van der Waals surface area contributed by atoms with Gasteiger partial charge < -0.3 is 20.9 Å². The predicted octanol–water partition coefficient (Wildman–Crippen LogP) is -1.10. The lowest BCUT2D eigenvalue weighted by atomic mass is 10.2. The van der Waals surface area contributed by atoms with E-state index in [-0.39, 0.29) is 6.42 Å². The lowest BCUT2D eigenvalue weighted by Gasteiger charge is -2.06. The summed E-state index contributed by atoms with van der Waals surface area (Å²) in [5, 5.41) is 11.2. The first-order valence-electron chi connectivity index (χ1n) is 3.52. The molecule has 2 atom stereocenters. The molecular weight excluding hydrogens is 164 g/mol. The minimum absolute atomic E-state index is 0.276. The van der Waals surface area contributed by atoms with Gasteiger partial charge in [0.15, 0.2) is 0 Å². The Morgan fingerprint density at radius 2 is 2.25 bits per heavy atom. The van der Waals surface area contributed by atoms with Crippen molar-refractivity contribution in [2.75, 3.05) is 6.54 Å². The summed E-state index contributed by atoms with van der Waals surface area (Å²) in [6.07, 6.45) is -1.01. The maximum Gasteiger partial charge on any atom is 0.404 e. The molecule has 0 spiro atoms. The number of nitrogens with two attached hydrogens (primary N) is 1. The minimum Gasteiger partial charge on any atom is -0.480 e. The van der Waals surface area contributed by atoms with Crippen molar-refractivity contribution >= 4 is 12.1 Å². The molecule has 1 saturated heterocycles. The highest BCUT2D eigenvalue weighted by atomic mass is 16.6. The van der Waals surface area contributed by atoms with E-state index in [0.29, 0.717) is 6.54 Å². The number of carboxylic acids is 1. The first-order chi connectivity index (χ1) is 5.59. The first-order valence-corrected chi connectivity index (χ1v) is 3.52. The van der Waals surface area contributed by atoms with E-state index in [1.165, 1.54) is 0 Å². The number of aliphatic carboxylic acids is 1. The molecule has 0 radical (unpaired) electrons. The number of hydrogen-bond acceptors (Lipinski definition) is 4. The third-order valence-electron chi connectivity index (χ3n) is 1.67. The fourth-order valence-corrected chi connectivity index (χ4v) is 1.15. The molecule has 0 aromatic heterocycles.